The van der Waals surface area contributed by atoms with Crippen LogP contribution in [0.2, 0.25) is 0 Å². The Kier molecular flexibility index (Phi) is 2.04. The van der Waals surface area contributed by atoms with Crippen LogP contribution in [0, 0.1) is 6.07 Å². The Hall–Kier alpha value is -0.960. The monoisotopic (exact) mass is 182 g/mol. The number of likely N-dealkylation sites (tertiary alicyclic amines) is 1. The quantitative estimate of drug-likeness (QED) is 0.675. The summed E-state index contributed by atoms with van der Waals surface area (Å²) in [5.41, 5.74) is 1.04. The molecule has 1 aliphatic heterocycles. The summed E-state index contributed by atoms with van der Waals surface area (Å²) in [6.07, 6.45) is 0. The minimum atomic E-state index is -2.46. The number of halogens is 2. The molecule has 0 aliphatic carbocycles. The summed E-state index contributed by atoms with van der Waals surface area (Å²) >= 11 is 0. The molecule has 0 atom stereocenters. The Morgan fingerprint density at radius 1 is 1.46 bits per heavy atom. The van der Waals surface area contributed by atoms with Crippen LogP contribution in [0.25, 0.3) is 0 Å². The molecule has 0 N–H and O–H groups in total. The van der Waals surface area contributed by atoms with E-state index in [0.29, 0.717) is 6.54 Å². The number of nitrogens with zero attached hydrogens (tertiary/aromatic N) is 1. The van der Waals surface area contributed by atoms with Crippen molar-refractivity contribution in [3.05, 3.63) is 35.9 Å². The fourth-order valence-corrected chi connectivity index (χ4v) is 1.51. The Balaban J connectivity index is 1.88. The van der Waals surface area contributed by atoms with Gasteiger partial charge in [-0.2, -0.15) is 0 Å². The largest absolute Gasteiger partial charge is 0.287 e. The van der Waals surface area contributed by atoms with Crippen molar-refractivity contribution in [2.75, 3.05) is 13.1 Å². The second-order valence-electron chi connectivity index (χ2n) is 3.41. The second-order valence-corrected chi connectivity index (χ2v) is 3.41. The van der Waals surface area contributed by atoms with E-state index in [1.165, 1.54) is 0 Å². The number of alkyl halides is 2. The zero-order valence-electron chi connectivity index (χ0n) is 7.13. The van der Waals surface area contributed by atoms with E-state index in [0.717, 1.165) is 5.56 Å². The summed E-state index contributed by atoms with van der Waals surface area (Å²) in [6.45, 7) is 0.386. The lowest BCUT2D eigenvalue weighted by atomic mass is 10.1. The van der Waals surface area contributed by atoms with Crippen LogP contribution in [0.15, 0.2) is 24.3 Å². The first kappa shape index (κ1) is 8.63. The van der Waals surface area contributed by atoms with Gasteiger partial charge in [-0.3, -0.25) is 4.90 Å². The molecule has 69 valence electrons. The molecule has 1 radical (unpaired) electrons. The van der Waals surface area contributed by atoms with Crippen molar-refractivity contribution in [2.45, 2.75) is 12.5 Å². The Labute approximate surface area is 76.0 Å². The van der Waals surface area contributed by atoms with Gasteiger partial charge in [0.2, 0.25) is 0 Å². The third kappa shape index (κ3) is 2.04. The third-order valence-electron chi connectivity index (χ3n) is 2.09. The van der Waals surface area contributed by atoms with Gasteiger partial charge >= 0.3 is 0 Å². The molecular formula is C10H10F2N. The van der Waals surface area contributed by atoms with Gasteiger partial charge in [-0.1, -0.05) is 18.2 Å². The highest BCUT2D eigenvalue weighted by Gasteiger charge is 2.43. The molecule has 1 fully saturated rings. The summed E-state index contributed by atoms with van der Waals surface area (Å²) in [6, 6.07) is 10.3. The highest BCUT2D eigenvalue weighted by Crippen LogP contribution is 2.27. The fourth-order valence-electron chi connectivity index (χ4n) is 1.51. The van der Waals surface area contributed by atoms with Crippen molar-refractivity contribution < 1.29 is 8.78 Å². The summed E-state index contributed by atoms with van der Waals surface area (Å²) in [7, 11) is 0. The Bertz CT molecular complexity index is 276. The molecule has 1 aromatic carbocycles. The molecule has 2 rings (SSSR count). The van der Waals surface area contributed by atoms with Crippen molar-refractivity contribution >= 4 is 0 Å². The van der Waals surface area contributed by atoms with Gasteiger partial charge in [-0.05, 0) is 17.7 Å². The van der Waals surface area contributed by atoms with E-state index in [9.17, 15) is 8.78 Å². The van der Waals surface area contributed by atoms with Gasteiger partial charge in [-0.15, -0.1) is 0 Å². The van der Waals surface area contributed by atoms with E-state index in [4.69, 9.17) is 0 Å². The van der Waals surface area contributed by atoms with Crippen LogP contribution < -0.4 is 0 Å². The first-order valence-corrected chi connectivity index (χ1v) is 4.21. The van der Waals surface area contributed by atoms with Crippen molar-refractivity contribution in [3.63, 3.8) is 0 Å². The molecular weight excluding hydrogens is 172 g/mol. The SMILES string of the molecule is FC1(F)CN(Cc2c[c]ccc2)C1. The molecule has 0 aromatic heterocycles. The van der Waals surface area contributed by atoms with Crippen LogP contribution in [-0.2, 0) is 6.54 Å². The summed E-state index contributed by atoms with van der Waals surface area (Å²) < 4.78 is 24.9. The summed E-state index contributed by atoms with van der Waals surface area (Å²) in [5.74, 6) is -2.46. The van der Waals surface area contributed by atoms with Crippen LogP contribution in [0.3, 0.4) is 0 Å². The summed E-state index contributed by atoms with van der Waals surface area (Å²) in [4.78, 5) is 1.73. The van der Waals surface area contributed by atoms with E-state index in [2.05, 4.69) is 6.07 Å². The van der Waals surface area contributed by atoms with Crippen molar-refractivity contribution in [2.24, 2.45) is 0 Å². The second kappa shape index (κ2) is 3.07. The van der Waals surface area contributed by atoms with Crippen LogP contribution in [0.4, 0.5) is 8.78 Å². The molecule has 0 bridgehead atoms. The maximum Gasteiger partial charge on any atom is 0.272 e. The highest BCUT2D eigenvalue weighted by molar-refractivity contribution is 5.14. The molecule has 3 heteroatoms. The molecule has 13 heavy (non-hydrogen) atoms. The Morgan fingerprint density at radius 2 is 2.23 bits per heavy atom. The lowest BCUT2D eigenvalue weighted by Gasteiger charge is -2.38. The van der Waals surface area contributed by atoms with Crippen LogP contribution in [0.5, 0.6) is 0 Å². The van der Waals surface area contributed by atoms with Gasteiger partial charge in [0.1, 0.15) is 0 Å². The smallest absolute Gasteiger partial charge is 0.272 e. The maximum atomic E-state index is 12.4. The standard InChI is InChI=1S/C10H10F2N/c11-10(12)7-13(8-10)6-9-4-2-1-3-5-9/h1-2,4-5H,6-8H2. The number of benzene rings is 1. The Morgan fingerprint density at radius 3 is 2.77 bits per heavy atom. The molecule has 0 spiro atoms. The first-order chi connectivity index (χ1) is 6.16. The first-order valence-electron chi connectivity index (χ1n) is 4.21. The predicted molar refractivity (Wildman–Crippen MR) is 45.5 cm³/mol. The predicted octanol–water partition coefficient (Wildman–Crippen LogP) is 1.94. The topological polar surface area (TPSA) is 3.24 Å². The van der Waals surface area contributed by atoms with E-state index >= 15 is 0 Å². The summed E-state index contributed by atoms with van der Waals surface area (Å²) in [5, 5.41) is 0. The normalized spacial score (nSPS) is 21.1. The van der Waals surface area contributed by atoms with Crippen LogP contribution >= 0.6 is 0 Å². The molecule has 1 aromatic rings. The van der Waals surface area contributed by atoms with Crippen molar-refractivity contribution in [1.82, 2.24) is 4.90 Å². The molecule has 1 heterocycles. The number of hydrogen-bond donors (Lipinski definition) is 0. The van der Waals surface area contributed by atoms with E-state index in [1.54, 1.807) is 11.0 Å². The lowest BCUT2D eigenvalue weighted by molar-refractivity contribution is -0.133. The van der Waals surface area contributed by atoms with Gasteiger partial charge < -0.3 is 0 Å². The molecule has 0 unspecified atom stereocenters. The fraction of sp³-hybridized carbons (Fsp3) is 0.400. The number of rotatable bonds is 2. The van der Waals surface area contributed by atoms with Gasteiger partial charge in [0.15, 0.2) is 0 Å². The molecule has 1 aliphatic rings. The van der Waals surface area contributed by atoms with Gasteiger partial charge in [-0.25, -0.2) is 8.78 Å². The zero-order valence-corrected chi connectivity index (χ0v) is 7.13. The average Bonchev–Trinajstić information content (AvgIpc) is 2.03. The van der Waals surface area contributed by atoms with Crippen LogP contribution in [0.1, 0.15) is 5.56 Å². The third-order valence-corrected chi connectivity index (χ3v) is 2.09. The molecule has 0 saturated carbocycles. The van der Waals surface area contributed by atoms with Crippen molar-refractivity contribution in [1.29, 1.82) is 0 Å². The van der Waals surface area contributed by atoms with Gasteiger partial charge in [0, 0.05) is 6.54 Å². The minimum absolute atomic E-state index is 0.109. The van der Waals surface area contributed by atoms with Gasteiger partial charge in [0.05, 0.1) is 13.1 Å². The van der Waals surface area contributed by atoms with Crippen LogP contribution in [-0.4, -0.2) is 23.9 Å². The molecule has 0 amide bonds. The van der Waals surface area contributed by atoms with E-state index in [-0.39, 0.29) is 13.1 Å². The zero-order chi connectivity index (χ0) is 9.31. The lowest BCUT2D eigenvalue weighted by Crippen LogP contribution is -2.55. The average molecular weight is 182 g/mol. The van der Waals surface area contributed by atoms with E-state index in [1.807, 2.05) is 18.2 Å². The highest BCUT2D eigenvalue weighted by atomic mass is 19.3. The number of hydrogen-bond acceptors (Lipinski definition) is 1. The van der Waals surface area contributed by atoms with Crippen molar-refractivity contribution in [3.8, 4) is 0 Å². The minimum Gasteiger partial charge on any atom is -0.287 e. The molecule has 1 nitrogen and oxygen atoms in total. The molecule has 1 saturated heterocycles. The van der Waals surface area contributed by atoms with E-state index < -0.39 is 5.92 Å². The van der Waals surface area contributed by atoms with Gasteiger partial charge in [0.25, 0.3) is 5.92 Å². The maximum absolute atomic E-state index is 12.4.